The van der Waals surface area contributed by atoms with Gasteiger partial charge in [0, 0.05) is 0 Å². The molecule has 0 aliphatic heterocycles. The Morgan fingerprint density at radius 2 is 1.54 bits per heavy atom. The molecular weight excluding hydrogens is 257 g/mol. The first-order chi connectivity index (χ1) is 5.98. The highest BCUT2D eigenvalue weighted by molar-refractivity contribution is 6.70. The SMILES string of the molecule is FCCCCCCC(Cl)C(Cl)(Cl)Cl. The van der Waals surface area contributed by atoms with Gasteiger partial charge in [-0.3, -0.25) is 4.39 Å². The molecule has 0 heterocycles. The minimum Gasteiger partial charge on any atom is -0.251 e. The maximum Gasteiger partial charge on any atom is 0.206 e. The predicted molar refractivity (Wildman–Crippen MR) is 59.0 cm³/mol. The summed E-state index contributed by atoms with van der Waals surface area (Å²) in [4.78, 5) is 0. The zero-order chi connectivity index (χ0) is 10.3. The number of halogens is 5. The fraction of sp³-hybridized carbons (Fsp3) is 1.00. The third-order valence-electron chi connectivity index (χ3n) is 1.70. The molecule has 5 heteroatoms. The highest BCUT2D eigenvalue weighted by atomic mass is 35.6. The van der Waals surface area contributed by atoms with Gasteiger partial charge in [-0.1, -0.05) is 54.1 Å². The van der Waals surface area contributed by atoms with Crippen molar-refractivity contribution >= 4 is 46.4 Å². The Morgan fingerprint density at radius 3 is 2.00 bits per heavy atom. The Hall–Kier alpha value is 1.09. The van der Waals surface area contributed by atoms with E-state index < -0.39 is 9.17 Å². The van der Waals surface area contributed by atoms with E-state index >= 15 is 0 Å². The third kappa shape index (κ3) is 8.11. The summed E-state index contributed by atoms with van der Waals surface area (Å²) in [6.07, 6.45) is 3.96. The first kappa shape index (κ1) is 14.1. The third-order valence-corrected chi connectivity index (χ3v) is 3.37. The molecule has 1 atom stereocenters. The second kappa shape index (κ2) is 7.39. The van der Waals surface area contributed by atoms with E-state index in [0.717, 1.165) is 19.3 Å². The van der Waals surface area contributed by atoms with Gasteiger partial charge >= 0.3 is 0 Å². The van der Waals surface area contributed by atoms with E-state index in [0.29, 0.717) is 12.8 Å². The molecule has 0 saturated carbocycles. The monoisotopic (exact) mass is 268 g/mol. The van der Waals surface area contributed by atoms with Crippen LogP contribution < -0.4 is 0 Å². The van der Waals surface area contributed by atoms with Crippen LogP contribution in [0.25, 0.3) is 0 Å². The van der Waals surface area contributed by atoms with Crippen LogP contribution in [0, 0.1) is 0 Å². The lowest BCUT2D eigenvalue weighted by atomic mass is 10.1. The van der Waals surface area contributed by atoms with Crippen molar-refractivity contribution in [2.24, 2.45) is 0 Å². The highest BCUT2D eigenvalue weighted by Crippen LogP contribution is 2.36. The minimum absolute atomic E-state index is 0.255. The normalized spacial score (nSPS) is 14.5. The number of hydrogen-bond donors (Lipinski definition) is 0. The molecule has 0 N–H and O–H groups in total. The van der Waals surface area contributed by atoms with Crippen molar-refractivity contribution in [1.82, 2.24) is 0 Å². The van der Waals surface area contributed by atoms with Crippen molar-refractivity contribution in [2.45, 2.75) is 41.3 Å². The van der Waals surface area contributed by atoms with Crippen LogP contribution in [-0.4, -0.2) is 15.8 Å². The first-order valence-corrected chi connectivity index (χ1v) is 5.82. The smallest absolute Gasteiger partial charge is 0.206 e. The van der Waals surface area contributed by atoms with Crippen molar-refractivity contribution in [3.05, 3.63) is 0 Å². The van der Waals surface area contributed by atoms with E-state index in [4.69, 9.17) is 46.4 Å². The zero-order valence-electron chi connectivity index (χ0n) is 7.21. The Bertz CT molecular complexity index is 124. The van der Waals surface area contributed by atoms with Gasteiger partial charge in [-0.15, -0.1) is 11.6 Å². The van der Waals surface area contributed by atoms with Crippen LogP contribution in [0.5, 0.6) is 0 Å². The fourth-order valence-electron chi connectivity index (χ4n) is 0.935. The van der Waals surface area contributed by atoms with Gasteiger partial charge in [0.2, 0.25) is 3.79 Å². The Balaban J connectivity index is 3.32. The topological polar surface area (TPSA) is 0 Å². The standard InChI is InChI=1S/C8H13Cl4F/c9-7(8(10,11)12)5-3-1-2-4-6-13/h7H,1-6H2. The van der Waals surface area contributed by atoms with E-state index in [2.05, 4.69) is 0 Å². The van der Waals surface area contributed by atoms with Crippen molar-refractivity contribution in [1.29, 1.82) is 0 Å². The molecule has 0 aromatic rings. The molecule has 80 valence electrons. The predicted octanol–water partition coefficient (Wildman–Crippen LogP) is 4.88. The molecule has 0 nitrogen and oxygen atoms in total. The zero-order valence-corrected chi connectivity index (χ0v) is 10.2. The molecule has 0 radical (unpaired) electrons. The Kier molecular flexibility index (Phi) is 8.01. The summed E-state index contributed by atoms with van der Waals surface area (Å²) in [5.74, 6) is 0. The van der Waals surface area contributed by atoms with Gasteiger partial charge in [0.25, 0.3) is 0 Å². The fourth-order valence-corrected chi connectivity index (χ4v) is 1.42. The molecular formula is C8H13Cl4F. The van der Waals surface area contributed by atoms with Gasteiger partial charge in [-0.05, 0) is 12.8 Å². The molecule has 0 aromatic heterocycles. The molecule has 0 aliphatic rings. The van der Waals surface area contributed by atoms with E-state index in [1.807, 2.05) is 0 Å². The molecule has 0 fully saturated rings. The number of rotatable bonds is 6. The number of hydrogen-bond acceptors (Lipinski definition) is 0. The number of unbranched alkanes of at least 4 members (excludes halogenated alkanes) is 3. The van der Waals surface area contributed by atoms with Crippen molar-refractivity contribution in [2.75, 3.05) is 6.67 Å². The van der Waals surface area contributed by atoms with Crippen LogP contribution >= 0.6 is 46.4 Å². The molecule has 0 rings (SSSR count). The van der Waals surface area contributed by atoms with E-state index in [1.165, 1.54) is 0 Å². The van der Waals surface area contributed by atoms with Crippen LogP contribution in [0.2, 0.25) is 0 Å². The molecule has 13 heavy (non-hydrogen) atoms. The van der Waals surface area contributed by atoms with Gasteiger partial charge in [0.1, 0.15) is 0 Å². The molecule has 0 aromatic carbocycles. The summed E-state index contributed by atoms with van der Waals surface area (Å²) in [6.45, 7) is -0.255. The van der Waals surface area contributed by atoms with Gasteiger partial charge in [0.05, 0.1) is 12.1 Å². The van der Waals surface area contributed by atoms with Gasteiger partial charge in [-0.25, -0.2) is 0 Å². The second-order valence-corrected chi connectivity index (χ2v) is 5.80. The highest BCUT2D eigenvalue weighted by Gasteiger charge is 2.29. The van der Waals surface area contributed by atoms with Crippen LogP contribution in [0.4, 0.5) is 4.39 Å². The summed E-state index contributed by atoms with van der Waals surface area (Å²) < 4.78 is 10.3. The maximum absolute atomic E-state index is 11.7. The second-order valence-electron chi connectivity index (χ2n) is 2.90. The van der Waals surface area contributed by atoms with E-state index in [1.54, 1.807) is 0 Å². The Labute approximate surface area is 98.7 Å². The van der Waals surface area contributed by atoms with Crippen molar-refractivity contribution in [3.63, 3.8) is 0 Å². The summed E-state index contributed by atoms with van der Waals surface area (Å²) in [5, 5.41) is -0.456. The summed E-state index contributed by atoms with van der Waals surface area (Å²) in [6, 6.07) is 0. The van der Waals surface area contributed by atoms with Gasteiger partial charge in [0.15, 0.2) is 0 Å². The lowest BCUT2D eigenvalue weighted by Gasteiger charge is -2.17. The summed E-state index contributed by atoms with van der Waals surface area (Å²) in [7, 11) is 0. The first-order valence-electron chi connectivity index (χ1n) is 4.25. The largest absolute Gasteiger partial charge is 0.251 e. The Morgan fingerprint density at radius 1 is 1.00 bits per heavy atom. The van der Waals surface area contributed by atoms with Crippen molar-refractivity contribution in [3.8, 4) is 0 Å². The average Bonchev–Trinajstić information content (AvgIpc) is 2.02. The van der Waals surface area contributed by atoms with Gasteiger partial charge in [-0.2, -0.15) is 0 Å². The molecule has 0 bridgehead atoms. The van der Waals surface area contributed by atoms with Crippen LogP contribution in [0.15, 0.2) is 0 Å². The van der Waals surface area contributed by atoms with Crippen LogP contribution in [0.3, 0.4) is 0 Å². The average molecular weight is 270 g/mol. The quantitative estimate of drug-likeness (QED) is 0.476. The molecule has 1 unspecified atom stereocenters. The number of alkyl halides is 5. The lowest BCUT2D eigenvalue weighted by Crippen LogP contribution is -2.19. The van der Waals surface area contributed by atoms with E-state index in [-0.39, 0.29) is 6.67 Å². The summed E-state index contributed by atoms with van der Waals surface area (Å²) >= 11 is 22.5. The van der Waals surface area contributed by atoms with Gasteiger partial charge < -0.3 is 0 Å². The molecule has 0 spiro atoms. The maximum atomic E-state index is 11.7. The van der Waals surface area contributed by atoms with Crippen LogP contribution in [-0.2, 0) is 0 Å². The molecule has 0 aliphatic carbocycles. The minimum atomic E-state index is -1.39. The lowest BCUT2D eigenvalue weighted by molar-refractivity contribution is 0.450. The van der Waals surface area contributed by atoms with Crippen LogP contribution in [0.1, 0.15) is 32.1 Å². The van der Waals surface area contributed by atoms with E-state index in [9.17, 15) is 4.39 Å². The molecule has 0 saturated heterocycles. The summed E-state index contributed by atoms with van der Waals surface area (Å²) in [5.41, 5.74) is 0. The van der Waals surface area contributed by atoms with Crippen molar-refractivity contribution < 1.29 is 4.39 Å². The molecule has 0 amide bonds.